The van der Waals surface area contributed by atoms with Gasteiger partial charge in [-0.15, -0.1) is 11.3 Å². The average Bonchev–Trinajstić information content (AvgIpc) is 3.23. The fraction of sp³-hybridized carbons (Fsp3) is 0.364. The highest BCUT2D eigenvalue weighted by molar-refractivity contribution is 7.14. The highest BCUT2D eigenvalue weighted by Gasteiger charge is 2.37. The number of piperazine rings is 1. The number of halogens is 1. The lowest BCUT2D eigenvalue weighted by Crippen LogP contribution is -2.59. The van der Waals surface area contributed by atoms with Crippen LogP contribution in [0.1, 0.15) is 12.0 Å². The minimum absolute atomic E-state index is 0.118. The first-order chi connectivity index (χ1) is 16.0. The average molecular weight is 490 g/mol. The zero-order chi connectivity index (χ0) is 23.4. The van der Waals surface area contributed by atoms with E-state index in [9.17, 15) is 9.59 Å². The minimum Gasteiger partial charge on any atom is -0.483 e. The number of hydrogen-bond donors (Lipinski definition) is 1. The summed E-state index contributed by atoms with van der Waals surface area (Å²) in [5, 5.41) is 2.51. The fourth-order valence-corrected chi connectivity index (χ4v) is 4.63. The third-order valence-electron chi connectivity index (χ3n) is 5.51. The van der Waals surface area contributed by atoms with Gasteiger partial charge in [0.2, 0.25) is 5.91 Å². The zero-order valence-corrected chi connectivity index (χ0v) is 19.6. The van der Waals surface area contributed by atoms with E-state index in [1.54, 1.807) is 28.4 Å². The predicted octanol–water partition coefficient (Wildman–Crippen LogP) is 2.58. The number of nitrogens with two attached hydrogens (primary N) is 1. The summed E-state index contributed by atoms with van der Waals surface area (Å²) >= 11 is 7.24. The third-order valence-corrected chi connectivity index (χ3v) is 6.58. The van der Waals surface area contributed by atoms with Crippen molar-refractivity contribution in [2.24, 2.45) is 0 Å². The Bertz CT molecular complexity index is 1160. The maximum Gasteiger partial charge on any atom is 0.261 e. The number of fused-ring (bicyclic) bond motifs is 1. The van der Waals surface area contributed by atoms with Crippen molar-refractivity contribution in [3.05, 3.63) is 45.9 Å². The number of methoxy groups -OCH3 is 1. The molecule has 1 aromatic carbocycles. The van der Waals surface area contributed by atoms with Gasteiger partial charge in [-0.05, 0) is 17.7 Å². The van der Waals surface area contributed by atoms with Crippen molar-refractivity contribution in [1.82, 2.24) is 19.8 Å². The highest BCUT2D eigenvalue weighted by Crippen LogP contribution is 2.26. The molecule has 2 N–H and O–H groups in total. The summed E-state index contributed by atoms with van der Waals surface area (Å²) in [6, 6.07) is 6.73. The molecule has 4 rings (SSSR count). The molecule has 33 heavy (non-hydrogen) atoms. The highest BCUT2D eigenvalue weighted by atomic mass is 35.5. The van der Waals surface area contributed by atoms with E-state index >= 15 is 0 Å². The number of nitrogens with zero attached hydrogens (tertiary/aromatic N) is 4. The molecule has 0 aliphatic carbocycles. The van der Waals surface area contributed by atoms with Gasteiger partial charge in [-0.2, -0.15) is 0 Å². The second kappa shape index (κ2) is 10.3. The number of hydrogen-bond acceptors (Lipinski definition) is 8. The summed E-state index contributed by atoms with van der Waals surface area (Å²) < 4.78 is 11.3. The number of carbonyl (C=O) groups excluding carboxylic acids is 2. The Hall–Kier alpha value is -2.95. The van der Waals surface area contributed by atoms with E-state index < -0.39 is 6.04 Å². The number of carbonyl (C=O) groups is 2. The zero-order valence-electron chi connectivity index (χ0n) is 18.1. The molecule has 0 unspecified atom stereocenters. The molecule has 9 nitrogen and oxygen atoms in total. The molecule has 0 bridgehead atoms. The quantitative estimate of drug-likeness (QED) is 0.517. The van der Waals surface area contributed by atoms with Crippen molar-refractivity contribution in [3.63, 3.8) is 0 Å². The van der Waals surface area contributed by atoms with E-state index in [2.05, 4.69) is 9.97 Å². The summed E-state index contributed by atoms with van der Waals surface area (Å²) in [5.74, 6) is 0.593. The van der Waals surface area contributed by atoms with E-state index in [-0.39, 0.29) is 18.4 Å². The molecule has 2 aromatic heterocycles. The Balaban J connectivity index is 1.45. The van der Waals surface area contributed by atoms with Crippen LogP contribution in [0, 0.1) is 0 Å². The van der Waals surface area contributed by atoms with Crippen molar-refractivity contribution in [2.75, 3.05) is 39.1 Å². The van der Waals surface area contributed by atoms with Gasteiger partial charge in [0.25, 0.3) is 5.91 Å². The Morgan fingerprint density at radius 1 is 1.30 bits per heavy atom. The van der Waals surface area contributed by atoms with Crippen molar-refractivity contribution >= 4 is 51.5 Å². The molecule has 0 spiro atoms. The maximum atomic E-state index is 13.3. The summed E-state index contributed by atoms with van der Waals surface area (Å²) in [4.78, 5) is 37.8. The number of benzene rings is 1. The molecule has 0 radical (unpaired) electrons. The summed E-state index contributed by atoms with van der Waals surface area (Å²) in [5.41, 5.74) is 7.56. The van der Waals surface area contributed by atoms with Crippen LogP contribution in [-0.2, 0) is 20.9 Å². The topological polar surface area (TPSA) is 111 Å². The summed E-state index contributed by atoms with van der Waals surface area (Å²) in [6.07, 6.45) is 1.83. The molecule has 1 atom stereocenters. The molecule has 1 fully saturated rings. The van der Waals surface area contributed by atoms with E-state index in [1.807, 2.05) is 18.2 Å². The number of anilines is 1. The van der Waals surface area contributed by atoms with Gasteiger partial charge in [-0.1, -0.05) is 17.7 Å². The lowest BCUT2D eigenvalue weighted by Gasteiger charge is -2.40. The molecule has 3 aromatic rings. The number of thiophene rings is 1. The van der Waals surface area contributed by atoms with Crippen LogP contribution in [0.25, 0.3) is 10.9 Å². The van der Waals surface area contributed by atoms with Crippen LogP contribution in [-0.4, -0.2) is 71.0 Å². The van der Waals surface area contributed by atoms with E-state index in [0.29, 0.717) is 48.6 Å². The molecule has 1 saturated heterocycles. The van der Waals surface area contributed by atoms with Gasteiger partial charge in [0, 0.05) is 56.6 Å². The van der Waals surface area contributed by atoms with Gasteiger partial charge in [-0.3, -0.25) is 9.59 Å². The molecule has 11 heteroatoms. The number of nitrogen functional groups attached to an aromatic ring is 1. The minimum atomic E-state index is -0.612. The van der Waals surface area contributed by atoms with Gasteiger partial charge in [0.15, 0.2) is 6.61 Å². The first-order valence-corrected chi connectivity index (χ1v) is 11.6. The number of rotatable bonds is 8. The smallest absolute Gasteiger partial charge is 0.261 e. The van der Waals surface area contributed by atoms with Gasteiger partial charge in [0.05, 0.1) is 9.85 Å². The van der Waals surface area contributed by atoms with Crippen LogP contribution < -0.4 is 10.5 Å². The van der Waals surface area contributed by atoms with Crippen LogP contribution in [0.5, 0.6) is 5.75 Å². The Kier molecular flexibility index (Phi) is 7.26. The standard InChI is InChI=1S/C22H24ClN5O4S/c1-31-7-4-18-22(30)27(10-14-2-3-16-17(8-14)25-13-26-21(16)24)5-6-28(18)20(29)11-32-15-9-19(23)33-12-15/h2-3,8-9,12-13,18H,4-7,10-11H2,1H3,(H2,24,25,26)/t18-/m0/s1. The van der Waals surface area contributed by atoms with E-state index in [4.69, 9.17) is 26.8 Å². The fourth-order valence-electron chi connectivity index (χ4n) is 3.84. The SMILES string of the molecule is COCC[C@H]1C(=O)N(Cc2ccc3c(N)ncnc3c2)CCN1C(=O)COc1csc(Cl)c1. The van der Waals surface area contributed by atoms with Crippen LogP contribution in [0.4, 0.5) is 5.82 Å². The Morgan fingerprint density at radius 3 is 2.91 bits per heavy atom. The van der Waals surface area contributed by atoms with Crippen molar-refractivity contribution < 1.29 is 19.1 Å². The van der Waals surface area contributed by atoms with E-state index in [0.717, 1.165) is 16.5 Å². The molecule has 174 valence electrons. The second-order valence-electron chi connectivity index (χ2n) is 7.63. The number of amides is 2. The molecule has 1 aliphatic heterocycles. The largest absolute Gasteiger partial charge is 0.483 e. The van der Waals surface area contributed by atoms with Crippen LogP contribution in [0.15, 0.2) is 36.0 Å². The maximum absolute atomic E-state index is 13.3. The van der Waals surface area contributed by atoms with Crippen LogP contribution >= 0.6 is 22.9 Å². The number of aromatic nitrogens is 2. The summed E-state index contributed by atoms with van der Waals surface area (Å²) in [7, 11) is 1.57. The molecular formula is C22H24ClN5O4S. The molecule has 3 heterocycles. The lowest BCUT2D eigenvalue weighted by atomic mass is 10.1. The van der Waals surface area contributed by atoms with Gasteiger partial charge in [-0.25, -0.2) is 9.97 Å². The normalized spacial score (nSPS) is 16.4. The molecule has 1 aliphatic rings. The van der Waals surface area contributed by atoms with Crippen molar-refractivity contribution in [3.8, 4) is 5.75 Å². The summed E-state index contributed by atoms with van der Waals surface area (Å²) in [6.45, 7) is 1.45. The molecule has 0 saturated carbocycles. The molecular weight excluding hydrogens is 466 g/mol. The van der Waals surface area contributed by atoms with E-state index in [1.165, 1.54) is 17.7 Å². The van der Waals surface area contributed by atoms with Gasteiger partial charge in [0.1, 0.15) is 23.9 Å². The monoisotopic (exact) mass is 489 g/mol. The first-order valence-electron chi connectivity index (χ1n) is 10.4. The molecule has 2 amide bonds. The van der Waals surface area contributed by atoms with Gasteiger partial charge >= 0.3 is 0 Å². The first kappa shape index (κ1) is 23.2. The Morgan fingerprint density at radius 2 is 2.15 bits per heavy atom. The second-order valence-corrected chi connectivity index (χ2v) is 9.17. The van der Waals surface area contributed by atoms with Crippen molar-refractivity contribution in [2.45, 2.75) is 19.0 Å². The van der Waals surface area contributed by atoms with Crippen LogP contribution in [0.2, 0.25) is 4.34 Å². The number of ether oxygens (including phenoxy) is 2. The van der Waals surface area contributed by atoms with Gasteiger partial charge < -0.3 is 25.0 Å². The third kappa shape index (κ3) is 5.35. The Labute approximate surface area is 200 Å². The lowest BCUT2D eigenvalue weighted by molar-refractivity contribution is -0.153. The predicted molar refractivity (Wildman–Crippen MR) is 126 cm³/mol. The van der Waals surface area contributed by atoms with Crippen LogP contribution in [0.3, 0.4) is 0 Å². The van der Waals surface area contributed by atoms with Crippen molar-refractivity contribution in [1.29, 1.82) is 0 Å².